The van der Waals surface area contributed by atoms with E-state index in [0.29, 0.717) is 40.5 Å². The minimum Gasteiger partial charge on any atom is -0.508 e. The number of aromatic hydroxyl groups is 1. The summed E-state index contributed by atoms with van der Waals surface area (Å²) < 4.78 is 53.1. The van der Waals surface area contributed by atoms with E-state index in [4.69, 9.17) is 9.73 Å². The molecule has 2 aromatic heterocycles. The Hall–Kier alpha value is -5.92. The van der Waals surface area contributed by atoms with Crippen molar-refractivity contribution >= 4 is 39.6 Å². The van der Waals surface area contributed by atoms with Crippen LogP contribution < -0.4 is 14.5 Å². The third-order valence-corrected chi connectivity index (χ3v) is 14.0. The summed E-state index contributed by atoms with van der Waals surface area (Å²) in [7, 11) is 0. The van der Waals surface area contributed by atoms with Crippen molar-refractivity contribution in [3.63, 3.8) is 0 Å². The normalized spacial score (nSPS) is 19.2. The standard InChI is InChI=1S/C48H46F3N7O2S/c1-26-29(4)61-48-43(26)45(52-28(3)47-54-53-30(5)58(47)48)32-6-10-36(11-7-32)57-24-31(25-57)23-55-16-18-56(19-17-55)35-12-8-33(9-13-35)46-42(44-39(50)20-34(49)21-40(44)51)27(2)38-22-37(59)14-15-41(38)60-46/h6-15,20-22,28,31,46,59H,16-19,23-25H2,1-5H3/t28-,46?/m0/s1. The molecule has 2 fully saturated rings. The summed E-state index contributed by atoms with van der Waals surface area (Å²) >= 11 is 1.78. The molecule has 0 spiro atoms. The van der Waals surface area contributed by atoms with Crippen LogP contribution in [0.15, 0.2) is 83.9 Å². The van der Waals surface area contributed by atoms with Gasteiger partial charge < -0.3 is 19.6 Å². The maximum Gasteiger partial charge on any atom is 0.162 e. The summed E-state index contributed by atoms with van der Waals surface area (Å²) in [5, 5.41) is 20.2. The highest BCUT2D eigenvalue weighted by Crippen LogP contribution is 2.49. The first kappa shape index (κ1) is 39.2. The third-order valence-electron chi connectivity index (χ3n) is 12.8. The Bertz CT molecular complexity index is 2720. The molecule has 61 heavy (non-hydrogen) atoms. The van der Waals surface area contributed by atoms with Crippen molar-refractivity contribution in [1.29, 1.82) is 0 Å². The van der Waals surface area contributed by atoms with E-state index in [1.165, 1.54) is 33.8 Å². The molecule has 0 aliphatic carbocycles. The fourth-order valence-corrected chi connectivity index (χ4v) is 10.6. The Morgan fingerprint density at radius 1 is 0.787 bits per heavy atom. The van der Waals surface area contributed by atoms with E-state index in [-0.39, 0.29) is 22.9 Å². The lowest BCUT2D eigenvalue weighted by Gasteiger charge is -2.45. The molecule has 4 aliphatic heterocycles. The smallest absolute Gasteiger partial charge is 0.162 e. The molecule has 2 atom stereocenters. The zero-order valence-electron chi connectivity index (χ0n) is 34.7. The number of phenolic OH excluding ortho intramolecular Hbond substituents is 1. The molecule has 10 rings (SSSR count). The lowest BCUT2D eigenvalue weighted by molar-refractivity contribution is 0.200. The number of rotatable bonds is 7. The fraction of sp³-hybridized carbons (Fsp3) is 0.312. The van der Waals surface area contributed by atoms with Crippen molar-refractivity contribution in [1.82, 2.24) is 19.7 Å². The minimum atomic E-state index is -1.01. The highest BCUT2D eigenvalue weighted by molar-refractivity contribution is 7.15. The molecule has 0 amide bonds. The number of aliphatic imine (C=N–C) groups is 1. The van der Waals surface area contributed by atoms with Crippen molar-refractivity contribution in [2.45, 2.75) is 46.8 Å². The lowest BCUT2D eigenvalue weighted by Crippen LogP contribution is -2.55. The number of nitrogens with zero attached hydrogens (tertiary/aromatic N) is 7. The number of aromatic nitrogens is 3. The Kier molecular flexibility index (Phi) is 9.78. The van der Waals surface area contributed by atoms with Crippen molar-refractivity contribution in [2.75, 3.05) is 55.6 Å². The highest BCUT2D eigenvalue weighted by Gasteiger charge is 2.35. The molecule has 9 nitrogen and oxygen atoms in total. The Labute approximate surface area is 357 Å². The summed E-state index contributed by atoms with van der Waals surface area (Å²) in [5.41, 5.74) is 8.53. The van der Waals surface area contributed by atoms with Crippen molar-refractivity contribution in [3.05, 3.63) is 146 Å². The maximum atomic E-state index is 15.3. The molecule has 13 heteroatoms. The van der Waals surface area contributed by atoms with Crippen molar-refractivity contribution in [2.24, 2.45) is 10.9 Å². The monoisotopic (exact) mass is 841 g/mol. The van der Waals surface area contributed by atoms with Gasteiger partial charge in [0.2, 0.25) is 0 Å². The minimum absolute atomic E-state index is 0.00281. The number of anilines is 2. The van der Waals surface area contributed by atoms with Gasteiger partial charge in [-0.3, -0.25) is 14.5 Å². The molecule has 0 saturated carbocycles. The van der Waals surface area contributed by atoms with Gasteiger partial charge in [-0.2, -0.15) is 0 Å². The van der Waals surface area contributed by atoms with Gasteiger partial charge in [0.15, 0.2) is 5.82 Å². The number of aryl methyl sites for hydroxylation is 2. The van der Waals surface area contributed by atoms with E-state index < -0.39 is 23.6 Å². The molecular weight excluding hydrogens is 796 g/mol. The largest absolute Gasteiger partial charge is 0.508 e. The van der Waals surface area contributed by atoms with E-state index in [9.17, 15) is 9.50 Å². The van der Waals surface area contributed by atoms with Crippen molar-refractivity contribution < 1.29 is 23.0 Å². The van der Waals surface area contributed by atoms with Crippen LogP contribution in [0.5, 0.6) is 11.5 Å². The van der Waals surface area contributed by atoms with Crippen LogP contribution in [-0.2, 0) is 0 Å². The van der Waals surface area contributed by atoms with Gasteiger partial charge in [-0.25, -0.2) is 13.2 Å². The van der Waals surface area contributed by atoms with E-state index >= 15 is 8.78 Å². The van der Waals surface area contributed by atoms with E-state index in [1.54, 1.807) is 24.3 Å². The van der Waals surface area contributed by atoms with Gasteiger partial charge in [-0.1, -0.05) is 24.3 Å². The van der Waals surface area contributed by atoms with E-state index in [1.807, 2.05) is 31.2 Å². The van der Waals surface area contributed by atoms with Crippen LogP contribution in [0.3, 0.4) is 0 Å². The van der Waals surface area contributed by atoms with E-state index in [0.717, 1.165) is 79.4 Å². The first-order valence-corrected chi connectivity index (χ1v) is 21.6. The average Bonchev–Trinajstić information content (AvgIpc) is 3.72. The predicted molar refractivity (Wildman–Crippen MR) is 235 cm³/mol. The third kappa shape index (κ3) is 6.87. The number of phenols is 1. The lowest BCUT2D eigenvalue weighted by atomic mass is 9.85. The topological polar surface area (TPSA) is 82.2 Å². The fourth-order valence-electron chi connectivity index (χ4n) is 9.41. The molecule has 4 aliphatic rings. The summed E-state index contributed by atoms with van der Waals surface area (Å²) in [5.74, 6) is -0.169. The van der Waals surface area contributed by atoms with Gasteiger partial charge in [0, 0.05) is 102 Å². The molecule has 1 N–H and O–H groups in total. The molecular formula is C48H46F3N7O2S. The number of piperazine rings is 1. The van der Waals surface area contributed by atoms with Gasteiger partial charge >= 0.3 is 0 Å². The number of hydrogen-bond donors (Lipinski definition) is 1. The number of halogens is 3. The number of hydrogen-bond acceptors (Lipinski definition) is 9. The Morgan fingerprint density at radius 2 is 1.46 bits per heavy atom. The van der Waals surface area contributed by atoms with Crippen LogP contribution in [0.2, 0.25) is 0 Å². The summed E-state index contributed by atoms with van der Waals surface area (Å²) in [6.07, 6.45) is -0.853. The zero-order valence-corrected chi connectivity index (χ0v) is 35.5. The molecule has 1 unspecified atom stereocenters. The Morgan fingerprint density at radius 3 is 2.16 bits per heavy atom. The highest BCUT2D eigenvalue weighted by atomic mass is 32.1. The van der Waals surface area contributed by atoms with Gasteiger partial charge in [-0.15, -0.1) is 21.5 Å². The maximum absolute atomic E-state index is 15.3. The van der Waals surface area contributed by atoms with Crippen LogP contribution in [0.1, 0.15) is 75.9 Å². The first-order valence-electron chi connectivity index (χ1n) is 20.8. The van der Waals surface area contributed by atoms with Crippen LogP contribution in [0.4, 0.5) is 24.5 Å². The predicted octanol–water partition coefficient (Wildman–Crippen LogP) is 9.61. The van der Waals surface area contributed by atoms with Crippen LogP contribution in [0, 0.1) is 44.1 Å². The molecule has 4 aromatic carbocycles. The number of thiophene rings is 1. The van der Waals surface area contributed by atoms with Gasteiger partial charge in [0.1, 0.15) is 51.9 Å². The number of ether oxygens (including phenoxy) is 1. The van der Waals surface area contributed by atoms with Crippen LogP contribution in [-0.4, -0.2) is 76.3 Å². The second-order valence-electron chi connectivity index (χ2n) is 16.7. The SMILES string of the molecule is CC1=C(c2c(F)cc(F)cc2F)C(c2ccc(N3CCN(CC4CN(c5ccc(C6=N[C@@H](C)c7nnc(C)n7-c7sc(C)c(C)c76)cc5)C4)CC3)cc2)Oc2ccc(O)cc21. The second kappa shape index (κ2) is 15.2. The molecule has 0 bridgehead atoms. The average molecular weight is 842 g/mol. The molecule has 6 aromatic rings. The van der Waals surface area contributed by atoms with Crippen LogP contribution >= 0.6 is 11.3 Å². The van der Waals surface area contributed by atoms with Crippen LogP contribution in [0.25, 0.3) is 16.1 Å². The Balaban J connectivity index is 0.769. The van der Waals surface area contributed by atoms with Gasteiger partial charge in [0.25, 0.3) is 0 Å². The molecule has 312 valence electrons. The van der Waals surface area contributed by atoms with E-state index in [2.05, 4.69) is 74.5 Å². The van der Waals surface area contributed by atoms with Gasteiger partial charge in [0.05, 0.1) is 11.3 Å². The second-order valence-corrected chi connectivity index (χ2v) is 17.9. The number of allylic oxidation sites excluding steroid dienone is 1. The molecule has 0 radical (unpaired) electrons. The number of fused-ring (bicyclic) bond motifs is 4. The summed E-state index contributed by atoms with van der Waals surface area (Å²) in [4.78, 5) is 13.9. The quantitative estimate of drug-likeness (QED) is 0.172. The molecule has 2 saturated heterocycles. The molecule has 6 heterocycles. The van der Waals surface area contributed by atoms with Gasteiger partial charge in [-0.05, 0) is 93.8 Å². The summed E-state index contributed by atoms with van der Waals surface area (Å²) in [6, 6.07) is 22.7. The first-order chi connectivity index (χ1) is 29.4. The summed E-state index contributed by atoms with van der Waals surface area (Å²) in [6.45, 7) is 17.0. The zero-order chi connectivity index (χ0) is 42.3. The van der Waals surface area contributed by atoms with Crippen molar-refractivity contribution in [3.8, 4) is 16.5 Å². The number of benzene rings is 4.